The summed E-state index contributed by atoms with van der Waals surface area (Å²) in [6, 6.07) is 0. The highest BCUT2D eigenvalue weighted by molar-refractivity contribution is 5.79. The fraction of sp³-hybridized carbons (Fsp3) is 0.400. The number of aliphatic hydroxyl groups is 1. The van der Waals surface area contributed by atoms with E-state index >= 15 is 0 Å². The average molecular weight is 192 g/mol. The molecule has 0 aromatic carbocycles. The van der Waals surface area contributed by atoms with Crippen LogP contribution in [0.3, 0.4) is 0 Å². The third-order valence-electron chi connectivity index (χ3n) is 2.33. The topological polar surface area (TPSA) is 55.1 Å². The number of hydrogen-bond donors (Lipinski definition) is 1. The number of carbonyl (C=O) groups is 1. The van der Waals surface area contributed by atoms with Gasteiger partial charge in [-0.05, 0) is 13.0 Å². The van der Waals surface area contributed by atoms with Crippen molar-refractivity contribution >= 4 is 12.0 Å². The van der Waals surface area contributed by atoms with Crippen LogP contribution in [0.4, 0.5) is 0 Å². The molecule has 1 heterocycles. The molecule has 4 nitrogen and oxygen atoms in total. The van der Waals surface area contributed by atoms with Crippen molar-refractivity contribution in [1.82, 2.24) is 9.78 Å². The minimum atomic E-state index is -0.822. The van der Waals surface area contributed by atoms with Crippen LogP contribution < -0.4 is 0 Å². The monoisotopic (exact) mass is 192 g/mol. The molecule has 1 aliphatic rings. The lowest BCUT2D eigenvalue weighted by molar-refractivity contribution is 0.0916. The van der Waals surface area contributed by atoms with Crippen LogP contribution >= 0.6 is 0 Å². The van der Waals surface area contributed by atoms with E-state index in [-0.39, 0.29) is 5.91 Å². The molecular weight excluding hydrogens is 180 g/mol. The van der Waals surface area contributed by atoms with E-state index in [1.807, 2.05) is 0 Å². The van der Waals surface area contributed by atoms with Gasteiger partial charge in [0.2, 0.25) is 5.91 Å². The molecule has 1 aliphatic carbocycles. The van der Waals surface area contributed by atoms with E-state index in [9.17, 15) is 9.90 Å². The average Bonchev–Trinajstić information content (AvgIpc) is 2.44. The van der Waals surface area contributed by atoms with Crippen molar-refractivity contribution in [2.24, 2.45) is 0 Å². The second-order valence-corrected chi connectivity index (χ2v) is 3.85. The Bertz CT molecular complexity index is 416. The second kappa shape index (κ2) is 2.78. The summed E-state index contributed by atoms with van der Waals surface area (Å²) in [7, 11) is 0. The van der Waals surface area contributed by atoms with Gasteiger partial charge in [-0.25, -0.2) is 4.68 Å². The van der Waals surface area contributed by atoms with Crippen LogP contribution in [0.25, 0.3) is 6.08 Å². The lowest BCUT2D eigenvalue weighted by Crippen LogP contribution is -2.27. The van der Waals surface area contributed by atoms with Gasteiger partial charge in [0.25, 0.3) is 0 Å². The van der Waals surface area contributed by atoms with Crippen LogP contribution in [0, 0.1) is 0 Å². The Hall–Kier alpha value is -1.42. The second-order valence-electron chi connectivity index (χ2n) is 3.85. The molecule has 0 bridgehead atoms. The third kappa shape index (κ3) is 1.37. The van der Waals surface area contributed by atoms with Crippen molar-refractivity contribution in [2.75, 3.05) is 0 Å². The molecule has 0 spiro atoms. The molecule has 1 unspecified atom stereocenters. The largest absolute Gasteiger partial charge is 0.386 e. The number of nitrogens with zero attached hydrogens (tertiary/aromatic N) is 2. The van der Waals surface area contributed by atoms with Gasteiger partial charge in [-0.2, -0.15) is 5.10 Å². The lowest BCUT2D eigenvalue weighted by atomic mass is 9.91. The van der Waals surface area contributed by atoms with E-state index in [1.165, 1.54) is 11.6 Å². The van der Waals surface area contributed by atoms with Crippen LogP contribution in [0.15, 0.2) is 12.3 Å². The molecule has 0 aliphatic heterocycles. The highest BCUT2D eigenvalue weighted by Crippen LogP contribution is 2.25. The van der Waals surface area contributed by atoms with Crippen LogP contribution in [-0.2, 0) is 6.42 Å². The Morgan fingerprint density at radius 2 is 2.43 bits per heavy atom. The van der Waals surface area contributed by atoms with E-state index in [2.05, 4.69) is 5.10 Å². The van der Waals surface area contributed by atoms with Gasteiger partial charge in [0.1, 0.15) is 0 Å². The third-order valence-corrected chi connectivity index (χ3v) is 2.33. The Labute approximate surface area is 81.9 Å². The number of hydrogen-bond acceptors (Lipinski definition) is 3. The van der Waals surface area contributed by atoms with Crippen molar-refractivity contribution in [3.8, 4) is 0 Å². The van der Waals surface area contributed by atoms with Crippen molar-refractivity contribution < 1.29 is 9.90 Å². The summed E-state index contributed by atoms with van der Waals surface area (Å²) in [4.78, 5) is 11.1. The van der Waals surface area contributed by atoms with Crippen molar-refractivity contribution in [3.63, 3.8) is 0 Å². The van der Waals surface area contributed by atoms with Crippen molar-refractivity contribution in [1.29, 1.82) is 0 Å². The van der Waals surface area contributed by atoms with Gasteiger partial charge in [0, 0.05) is 18.9 Å². The molecule has 1 atom stereocenters. The summed E-state index contributed by atoms with van der Waals surface area (Å²) < 4.78 is 1.35. The fourth-order valence-corrected chi connectivity index (χ4v) is 1.66. The van der Waals surface area contributed by atoms with Crippen molar-refractivity contribution in [2.45, 2.75) is 25.9 Å². The quantitative estimate of drug-likeness (QED) is 0.663. The molecule has 1 N–H and O–H groups in total. The SMILES string of the molecule is CC(=O)n1ncc2c1C=CC(C)(O)C2. The summed E-state index contributed by atoms with van der Waals surface area (Å²) in [5.74, 6) is -0.113. The number of fused-ring (bicyclic) bond motifs is 1. The smallest absolute Gasteiger partial charge is 0.244 e. The predicted molar refractivity (Wildman–Crippen MR) is 51.9 cm³/mol. The van der Waals surface area contributed by atoms with E-state index in [0.29, 0.717) is 6.42 Å². The molecule has 4 heteroatoms. The zero-order valence-electron chi connectivity index (χ0n) is 8.19. The highest BCUT2D eigenvalue weighted by atomic mass is 16.3. The maximum Gasteiger partial charge on any atom is 0.244 e. The fourth-order valence-electron chi connectivity index (χ4n) is 1.66. The Kier molecular flexibility index (Phi) is 1.82. The molecule has 0 saturated heterocycles. The van der Waals surface area contributed by atoms with E-state index in [1.54, 1.807) is 25.3 Å². The van der Waals surface area contributed by atoms with Gasteiger partial charge < -0.3 is 5.11 Å². The van der Waals surface area contributed by atoms with Crippen LogP contribution in [0.2, 0.25) is 0 Å². The molecule has 1 aromatic rings. The van der Waals surface area contributed by atoms with Crippen LogP contribution in [0.5, 0.6) is 0 Å². The number of carbonyl (C=O) groups excluding carboxylic acids is 1. The molecule has 14 heavy (non-hydrogen) atoms. The summed E-state index contributed by atoms with van der Waals surface area (Å²) in [5, 5.41) is 13.7. The summed E-state index contributed by atoms with van der Waals surface area (Å²) >= 11 is 0. The summed E-state index contributed by atoms with van der Waals surface area (Å²) in [6.45, 7) is 3.20. The molecule has 1 aromatic heterocycles. The van der Waals surface area contributed by atoms with Gasteiger partial charge in [0.15, 0.2) is 0 Å². The first-order chi connectivity index (χ1) is 6.49. The maximum atomic E-state index is 11.1. The lowest BCUT2D eigenvalue weighted by Gasteiger charge is -2.22. The minimum absolute atomic E-state index is 0.113. The summed E-state index contributed by atoms with van der Waals surface area (Å²) in [6.07, 6.45) is 5.57. The highest BCUT2D eigenvalue weighted by Gasteiger charge is 2.25. The standard InChI is InChI=1S/C10H12N2O2/c1-7(13)12-9-3-4-10(2,14)5-8(9)6-11-12/h3-4,6,14H,5H2,1-2H3. The molecule has 0 fully saturated rings. The molecule has 74 valence electrons. The number of aromatic nitrogens is 2. The van der Waals surface area contributed by atoms with Gasteiger partial charge in [-0.3, -0.25) is 4.79 Å². The van der Waals surface area contributed by atoms with Crippen molar-refractivity contribution in [3.05, 3.63) is 23.5 Å². The maximum absolute atomic E-state index is 11.1. The van der Waals surface area contributed by atoms with E-state index in [0.717, 1.165) is 11.3 Å². The number of rotatable bonds is 0. The molecule has 0 saturated carbocycles. The zero-order chi connectivity index (χ0) is 10.3. The van der Waals surface area contributed by atoms with Gasteiger partial charge >= 0.3 is 0 Å². The molecular formula is C10H12N2O2. The Morgan fingerprint density at radius 1 is 1.71 bits per heavy atom. The van der Waals surface area contributed by atoms with Crippen LogP contribution in [0.1, 0.15) is 29.9 Å². The normalized spacial score (nSPS) is 24.8. The van der Waals surface area contributed by atoms with Gasteiger partial charge in [-0.15, -0.1) is 0 Å². The van der Waals surface area contributed by atoms with E-state index in [4.69, 9.17) is 0 Å². The first-order valence-electron chi connectivity index (χ1n) is 4.49. The summed E-state index contributed by atoms with van der Waals surface area (Å²) in [5.41, 5.74) is 0.870. The predicted octanol–water partition coefficient (Wildman–Crippen LogP) is 0.863. The first-order valence-corrected chi connectivity index (χ1v) is 4.49. The Balaban J connectivity index is 2.48. The first kappa shape index (κ1) is 9.15. The van der Waals surface area contributed by atoms with Crippen LogP contribution in [-0.4, -0.2) is 26.4 Å². The van der Waals surface area contributed by atoms with Gasteiger partial charge in [0.05, 0.1) is 17.5 Å². The zero-order valence-corrected chi connectivity index (χ0v) is 8.19. The minimum Gasteiger partial charge on any atom is -0.386 e. The molecule has 0 radical (unpaired) electrons. The molecule has 0 amide bonds. The van der Waals surface area contributed by atoms with E-state index < -0.39 is 5.60 Å². The van der Waals surface area contributed by atoms with Gasteiger partial charge in [-0.1, -0.05) is 6.08 Å². The Morgan fingerprint density at radius 3 is 3.07 bits per heavy atom. The molecule has 2 rings (SSSR count).